The molecule has 0 atom stereocenters. The Kier molecular flexibility index (Phi) is 6.53. The maximum Gasteiger partial charge on any atom is 0.336 e. The molecule has 8 heteroatoms. The second kappa shape index (κ2) is 9.02. The zero-order valence-corrected chi connectivity index (χ0v) is 19.6. The normalized spacial score (nSPS) is 20.0. The van der Waals surface area contributed by atoms with E-state index in [1.54, 1.807) is 21.7 Å². The Morgan fingerprint density at radius 2 is 1.74 bits per heavy atom. The molecule has 31 heavy (non-hydrogen) atoms. The van der Waals surface area contributed by atoms with E-state index in [0.29, 0.717) is 38.3 Å². The van der Waals surface area contributed by atoms with Gasteiger partial charge in [-0.15, -0.1) is 0 Å². The van der Waals surface area contributed by atoms with Crippen LogP contribution in [0.3, 0.4) is 0 Å². The first kappa shape index (κ1) is 22.5. The Morgan fingerprint density at radius 3 is 2.42 bits per heavy atom. The van der Waals surface area contributed by atoms with E-state index >= 15 is 0 Å². The number of aryl methyl sites for hydroxylation is 2. The molecule has 2 fully saturated rings. The number of fused-ring (bicyclic) bond motifs is 1. The number of rotatable bonds is 5. The lowest BCUT2D eigenvalue weighted by Gasteiger charge is -2.38. The van der Waals surface area contributed by atoms with Gasteiger partial charge in [0.15, 0.2) is 0 Å². The zero-order chi connectivity index (χ0) is 22.2. The molecular weight excluding hydrogens is 414 g/mol. The van der Waals surface area contributed by atoms with Crippen LogP contribution in [0, 0.1) is 13.8 Å². The van der Waals surface area contributed by atoms with Crippen LogP contribution in [0.2, 0.25) is 0 Å². The lowest BCUT2D eigenvalue weighted by atomic mass is 9.96. The molecule has 0 bridgehead atoms. The van der Waals surface area contributed by atoms with E-state index in [9.17, 15) is 13.2 Å². The van der Waals surface area contributed by atoms with Gasteiger partial charge in [-0.25, -0.2) is 4.79 Å². The fourth-order valence-electron chi connectivity index (χ4n) is 4.83. The largest absolute Gasteiger partial charge is 0.422 e. The SMILES string of the molecule is Cc1ccc2c(CN3CCN(S(=O)(=O)N(C)C4CCCCC4)CC3)cc(=O)oc2c1C. The van der Waals surface area contributed by atoms with E-state index in [0.717, 1.165) is 47.8 Å². The van der Waals surface area contributed by atoms with Crippen LogP contribution < -0.4 is 5.63 Å². The molecule has 1 aliphatic heterocycles. The smallest absolute Gasteiger partial charge is 0.336 e. The van der Waals surface area contributed by atoms with Crippen LogP contribution >= 0.6 is 0 Å². The van der Waals surface area contributed by atoms with Crippen molar-refractivity contribution >= 4 is 21.2 Å². The lowest BCUT2D eigenvalue weighted by molar-refractivity contribution is 0.170. The monoisotopic (exact) mass is 447 g/mol. The first-order valence-corrected chi connectivity index (χ1v) is 12.7. The van der Waals surface area contributed by atoms with Gasteiger partial charge in [0.05, 0.1) is 0 Å². The molecule has 1 aromatic heterocycles. The summed E-state index contributed by atoms with van der Waals surface area (Å²) in [5.41, 5.74) is 3.32. The second-order valence-corrected chi connectivity index (χ2v) is 11.0. The third-order valence-electron chi connectivity index (χ3n) is 7.02. The van der Waals surface area contributed by atoms with Crippen molar-refractivity contribution in [1.82, 2.24) is 13.5 Å². The maximum atomic E-state index is 13.1. The minimum absolute atomic E-state index is 0.124. The molecule has 2 heterocycles. The quantitative estimate of drug-likeness (QED) is 0.659. The highest BCUT2D eigenvalue weighted by atomic mass is 32.2. The molecular formula is C23H33N3O4S. The second-order valence-electron chi connectivity index (χ2n) is 8.97. The van der Waals surface area contributed by atoms with Crippen LogP contribution in [0.15, 0.2) is 27.4 Å². The summed E-state index contributed by atoms with van der Waals surface area (Å²) in [4.78, 5) is 14.4. The van der Waals surface area contributed by atoms with E-state index in [1.807, 2.05) is 26.0 Å². The molecule has 1 saturated carbocycles. The molecule has 0 radical (unpaired) electrons. The highest BCUT2D eigenvalue weighted by Gasteiger charge is 2.34. The first-order chi connectivity index (χ1) is 14.8. The van der Waals surface area contributed by atoms with Gasteiger partial charge in [-0.2, -0.15) is 17.0 Å². The summed E-state index contributed by atoms with van der Waals surface area (Å²) in [6, 6.07) is 5.75. The third kappa shape index (κ3) is 4.58. The summed E-state index contributed by atoms with van der Waals surface area (Å²) in [6.45, 7) is 6.81. The van der Waals surface area contributed by atoms with E-state index in [4.69, 9.17) is 4.42 Å². The average molecular weight is 448 g/mol. The van der Waals surface area contributed by atoms with E-state index in [-0.39, 0.29) is 11.7 Å². The van der Waals surface area contributed by atoms with Gasteiger partial charge in [0.25, 0.3) is 10.2 Å². The third-order valence-corrected chi connectivity index (χ3v) is 9.07. The van der Waals surface area contributed by atoms with Crippen LogP contribution in [-0.2, 0) is 16.8 Å². The molecule has 1 aliphatic carbocycles. The van der Waals surface area contributed by atoms with Crippen molar-refractivity contribution in [1.29, 1.82) is 0 Å². The molecule has 170 valence electrons. The fraction of sp³-hybridized carbons (Fsp3) is 0.609. The summed E-state index contributed by atoms with van der Waals surface area (Å²) in [6.07, 6.45) is 5.33. The van der Waals surface area contributed by atoms with Crippen molar-refractivity contribution in [2.45, 2.75) is 58.5 Å². The van der Waals surface area contributed by atoms with Crippen molar-refractivity contribution in [2.24, 2.45) is 0 Å². The molecule has 0 amide bonds. The van der Waals surface area contributed by atoms with E-state index < -0.39 is 10.2 Å². The Balaban J connectivity index is 1.45. The Morgan fingerprint density at radius 1 is 1.06 bits per heavy atom. The molecule has 1 aromatic carbocycles. The molecule has 1 saturated heterocycles. The van der Waals surface area contributed by atoms with Gasteiger partial charge in [0.1, 0.15) is 5.58 Å². The van der Waals surface area contributed by atoms with Gasteiger partial charge in [-0.05, 0) is 43.4 Å². The number of hydrogen-bond donors (Lipinski definition) is 0. The maximum absolute atomic E-state index is 13.1. The van der Waals surface area contributed by atoms with Gasteiger partial charge >= 0.3 is 5.63 Å². The van der Waals surface area contributed by atoms with E-state index in [2.05, 4.69) is 4.90 Å². The number of benzene rings is 1. The van der Waals surface area contributed by atoms with Crippen LogP contribution in [-0.4, -0.2) is 61.2 Å². The molecule has 7 nitrogen and oxygen atoms in total. The van der Waals surface area contributed by atoms with Crippen LogP contribution in [0.1, 0.15) is 48.8 Å². The van der Waals surface area contributed by atoms with Crippen molar-refractivity contribution in [3.8, 4) is 0 Å². The highest BCUT2D eigenvalue weighted by Crippen LogP contribution is 2.27. The van der Waals surface area contributed by atoms with Gasteiger partial charge < -0.3 is 4.42 Å². The van der Waals surface area contributed by atoms with Crippen LogP contribution in [0.5, 0.6) is 0 Å². The number of hydrogen-bond acceptors (Lipinski definition) is 5. The van der Waals surface area contributed by atoms with Crippen LogP contribution in [0.25, 0.3) is 11.0 Å². The zero-order valence-electron chi connectivity index (χ0n) is 18.8. The highest BCUT2D eigenvalue weighted by molar-refractivity contribution is 7.86. The predicted octanol–water partition coefficient (Wildman–Crippen LogP) is 3.04. The molecule has 2 aromatic rings. The van der Waals surface area contributed by atoms with Crippen molar-refractivity contribution in [2.75, 3.05) is 33.2 Å². The topological polar surface area (TPSA) is 74.1 Å². The van der Waals surface area contributed by atoms with E-state index in [1.165, 1.54) is 6.42 Å². The lowest BCUT2D eigenvalue weighted by Crippen LogP contribution is -2.54. The number of nitrogens with zero attached hydrogens (tertiary/aromatic N) is 3. The predicted molar refractivity (Wildman–Crippen MR) is 122 cm³/mol. The Hall–Kier alpha value is -1.74. The van der Waals surface area contributed by atoms with Crippen molar-refractivity contribution in [3.05, 3.63) is 45.3 Å². The summed E-state index contributed by atoms with van der Waals surface area (Å²) >= 11 is 0. The van der Waals surface area contributed by atoms with Gasteiger partial charge in [-0.3, -0.25) is 4.90 Å². The van der Waals surface area contributed by atoms with Crippen LogP contribution in [0.4, 0.5) is 0 Å². The summed E-state index contributed by atoms with van der Waals surface area (Å²) < 4.78 is 34.9. The fourth-order valence-corrected chi connectivity index (χ4v) is 6.41. The average Bonchev–Trinajstić information content (AvgIpc) is 2.77. The Labute approximate surface area is 184 Å². The molecule has 0 unspecified atom stereocenters. The molecule has 0 N–H and O–H groups in total. The minimum Gasteiger partial charge on any atom is -0.422 e. The number of piperazine rings is 1. The van der Waals surface area contributed by atoms with Gasteiger partial charge in [-0.1, -0.05) is 31.4 Å². The standard InChI is InChI=1S/C23H33N3O4S/c1-17-9-10-21-19(15-22(27)30-23(21)18(17)2)16-25-11-13-26(14-12-25)31(28,29)24(3)20-7-5-4-6-8-20/h9-10,15,20H,4-8,11-14,16H2,1-3H3. The van der Waals surface area contributed by atoms with Gasteiger partial charge in [0.2, 0.25) is 0 Å². The van der Waals surface area contributed by atoms with Crippen molar-refractivity contribution < 1.29 is 12.8 Å². The van der Waals surface area contributed by atoms with Crippen molar-refractivity contribution in [3.63, 3.8) is 0 Å². The summed E-state index contributed by atoms with van der Waals surface area (Å²) in [7, 11) is -1.70. The first-order valence-electron chi connectivity index (χ1n) is 11.3. The molecule has 4 rings (SSSR count). The summed E-state index contributed by atoms with van der Waals surface area (Å²) in [5, 5.41) is 0.954. The van der Waals surface area contributed by atoms with Gasteiger partial charge in [0, 0.05) is 57.3 Å². The summed E-state index contributed by atoms with van der Waals surface area (Å²) in [5.74, 6) is 0. The molecule has 0 spiro atoms. The molecule has 2 aliphatic rings. The Bertz CT molecular complexity index is 1100. The minimum atomic E-state index is -3.43.